The van der Waals surface area contributed by atoms with E-state index < -0.39 is 0 Å². The number of aryl methyl sites for hydroxylation is 1. The maximum absolute atomic E-state index is 5.69. The molecule has 2 aromatic rings. The molecule has 90 valence electrons. The van der Waals surface area contributed by atoms with Gasteiger partial charge in [0.2, 0.25) is 0 Å². The highest BCUT2D eigenvalue weighted by Gasteiger charge is 2.06. The molecule has 4 heteroatoms. The predicted octanol–water partition coefficient (Wildman–Crippen LogP) is 1.74. The summed E-state index contributed by atoms with van der Waals surface area (Å²) in [6, 6.07) is 4.02. The molecule has 2 N–H and O–H groups in total. The van der Waals surface area contributed by atoms with Crippen LogP contribution in [0.2, 0.25) is 0 Å². The zero-order chi connectivity index (χ0) is 12.1. The number of imidazole rings is 1. The maximum atomic E-state index is 5.69. The van der Waals surface area contributed by atoms with Gasteiger partial charge in [-0.05, 0) is 18.1 Å². The number of pyridine rings is 1. The third-order valence-corrected chi connectivity index (χ3v) is 2.79. The summed E-state index contributed by atoms with van der Waals surface area (Å²) >= 11 is 0. The molecule has 2 aromatic heterocycles. The molecular formula is C13H18N4. The lowest BCUT2D eigenvalue weighted by Gasteiger charge is -2.10. The Hall–Kier alpha value is -1.68. The quantitative estimate of drug-likeness (QED) is 0.851. The standard InChI is InChI=1S/C13H18N4/c1-2-4-13-16-7-8-17(13)10-11-5-3-6-15-12(11)9-14/h3,5-8H,2,4,9-10,14H2,1H3. The molecule has 0 aromatic carbocycles. The molecule has 0 radical (unpaired) electrons. The van der Waals surface area contributed by atoms with E-state index in [0.717, 1.165) is 30.9 Å². The molecule has 0 spiro atoms. The second-order valence-corrected chi connectivity index (χ2v) is 4.03. The monoisotopic (exact) mass is 230 g/mol. The minimum absolute atomic E-state index is 0.480. The van der Waals surface area contributed by atoms with E-state index in [9.17, 15) is 0 Å². The van der Waals surface area contributed by atoms with E-state index in [1.807, 2.05) is 18.5 Å². The van der Waals surface area contributed by atoms with Crippen LogP contribution in [0, 0.1) is 0 Å². The van der Waals surface area contributed by atoms with Gasteiger partial charge in [-0.25, -0.2) is 4.98 Å². The van der Waals surface area contributed by atoms with Crippen LogP contribution < -0.4 is 5.73 Å². The molecule has 0 aliphatic carbocycles. The zero-order valence-corrected chi connectivity index (χ0v) is 10.1. The first-order valence-electron chi connectivity index (χ1n) is 5.98. The normalized spacial score (nSPS) is 10.7. The molecule has 0 unspecified atom stereocenters. The first-order chi connectivity index (χ1) is 8.35. The van der Waals surface area contributed by atoms with Gasteiger partial charge in [-0.1, -0.05) is 13.0 Å². The smallest absolute Gasteiger partial charge is 0.108 e. The summed E-state index contributed by atoms with van der Waals surface area (Å²) in [6.45, 7) is 3.44. The van der Waals surface area contributed by atoms with Crippen molar-refractivity contribution in [3.8, 4) is 0 Å². The summed E-state index contributed by atoms with van der Waals surface area (Å²) in [5.74, 6) is 1.12. The van der Waals surface area contributed by atoms with Crippen LogP contribution in [0.4, 0.5) is 0 Å². The van der Waals surface area contributed by atoms with Crippen LogP contribution in [-0.4, -0.2) is 14.5 Å². The Bertz CT molecular complexity index is 476. The van der Waals surface area contributed by atoms with E-state index in [4.69, 9.17) is 5.73 Å². The van der Waals surface area contributed by atoms with Gasteiger partial charge in [-0.2, -0.15) is 0 Å². The third kappa shape index (κ3) is 2.71. The van der Waals surface area contributed by atoms with Crippen molar-refractivity contribution in [1.82, 2.24) is 14.5 Å². The highest BCUT2D eigenvalue weighted by atomic mass is 15.1. The average Bonchev–Trinajstić information content (AvgIpc) is 2.78. The number of nitrogens with zero attached hydrogens (tertiary/aromatic N) is 3. The predicted molar refractivity (Wildman–Crippen MR) is 67.5 cm³/mol. The van der Waals surface area contributed by atoms with Crippen LogP contribution >= 0.6 is 0 Å². The van der Waals surface area contributed by atoms with Gasteiger partial charge in [-0.3, -0.25) is 4.98 Å². The minimum atomic E-state index is 0.480. The van der Waals surface area contributed by atoms with Crippen molar-refractivity contribution in [2.75, 3.05) is 0 Å². The zero-order valence-electron chi connectivity index (χ0n) is 10.1. The molecular weight excluding hydrogens is 212 g/mol. The second-order valence-electron chi connectivity index (χ2n) is 4.03. The Kier molecular flexibility index (Phi) is 3.88. The van der Waals surface area contributed by atoms with Gasteiger partial charge in [0, 0.05) is 31.6 Å². The van der Waals surface area contributed by atoms with Gasteiger partial charge in [0.25, 0.3) is 0 Å². The fraction of sp³-hybridized carbons (Fsp3) is 0.385. The molecule has 0 saturated carbocycles. The topological polar surface area (TPSA) is 56.7 Å². The number of hydrogen-bond acceptors (Lipinski definition) is 3. The summed E-state index contributed by atoms with van der Waals surface area (Å²) in [7, 11) is 0. The van der Waals surface area contributed by atoms with Crippen LogP contribution in [-0.2, 0) is 19.5 Å². The van der Waals surface area contributed by atoms with Crippen molar-refractivity contribution in [2.24, 2.45) is 5.73 Å². The van der Waals surface area contributed by atoms with Crippen LogP contribution in [0.1, 0.15) is 30.4 Å². The van der Waals surface area contributed by atoms with Crippen molar-refractivity contribution >= 4 is 0 Å². The van der Waals surface area contributed by atoms with E-state index in [-0.39, 0.29) is 0 Å². The van der Waals surface area contributed by atoms with Crippen LogP contribution in [0.15, 0.2) is 30.7 Å². The van der Waals surface area contributed by atoms with Crippen LogP contribution in [0.3, 0.4) is 0 Å². The summed E-state index contributed by atoms with van der Waals surface area (Å²) in [5, 5.41) is 0. The van der Waals surface area contributed by atoms with Crippen LogP contribution in [0.25, 0.3) is 0 Å². The van der Waals surface area contributed by atoms with E-state index in [0.29, 0.717) is 6.54 Å². The molecule has 0 aliphatic rings. The number of nitrogens with two attached hydrogens (primary N) is 1. The van der Waals surface area contributed by atoms with Gasteiger partial charge in [-0.15, -0.1) is 0 Å². The molecule has 4 nitrogen and oxygen atoms in total. The Morgan fingerprint density at radius 2 is 2.18 bits per heavy atom. The van der Waals surface area contributed by atoms with Crippen molar-refractivity contribution in [3.63, 3.8) is 0 Å². The van der Waals surface area contributed by atoms with Gasteiger partial charge in [0.1, 0.15) is 5.82 Å². The molecule has 0 aliphatic heterocycles. The molecule has 2 heterocycles. The lowest BCUT2D eigenvalue weighted by Crippen LogP contribution is -2.09. The van der Waals surface area contributed by atoms with E-state index >= 15 is 0 Å². The summed E-state index contributed by atoms with van der Waals surface area (Å²) < 4.78 is 2.17. The second kappa shape index (κ2) is 5.59. The molecule has 0 atom stereocenters. The van der Waals surface area contributed by atoms with Gasteiger partial charge >= 0.3 is 0 Å². The summed E-state index contributed by atoms with van der Waals surface area (Å²) in [5.41, 5.74) is 7.82. The molecule has 0 fully saturated rings. The van der Waals surface area contributed by atoms with Gasteiger partial charge < -0.3 is 10.3 Å². The molecule has 0 amide bonds. The number of aromatic nitrogens is 3. The van der Waals surface area contributed by atoms with Crippen LogP contribution in [0.5, 0.6) is 0 Å². The van der Waals surface area contributed by atoms with Crippen molar-refractivity contribution in [3.05, 3.63) is 47.8 Å². The fourth-order valence-corrected chi connectivity index (χ4v) is 1.92. The first-order valence-corrected chi connectivity index (χ1v) is 5.98. The largest absolute Gasteiger partial charge is 0.330 e. The highest BCUT2D eigenvalue weighted by Crippen LogP contribution is 2.10. The maximum Gasteiger partial charge on any atom is 0.108 e. The SMILES string of the molecule is CCCc1nccn1Cc1cccnc1CN. The van der Waals surface area contributed by atoms with Crippen molar-refractivity contribution < 1.29 is 0 Å². The fourth-order valence-electron chi connectivity index (χ4n) is 1.92. The highest BCUT2D eigenvalue weighted by molar-refractivity contribution is 5.20. The molecule has 0 bridgehead atoms. The Morgan fingerprint density at radius 1 is 1.29 bits per heavy atom. The number of hydrogen-bond donors (Lipinski definition) is 1. The lowest BCUT2D eigenvalue weighted by molar-refractivity contribution is 0.696. The van der Waals surface area contributed by atoms with E-state index in [1.165, 1.54) is 5.56 Å². The Balaban J connectivity index is 2.22. The van der Waals surface area contributed by atoms with Gasteiger partial charge in [0.05, 0.1) is 12.2 Å². The Morgan fingerprint density at radius 3 is 2.94 bits per heavy atom. The lowest BCUT2D eigenvalue weighted by atomic mass is 10.2. The third-order valence-electron chi connectivity index (χ3n) is 2.79. The molecule has 0 saturated heterocycles. The summed E-state index contributed by atoms with van der Waals surface area (Å²) in [4.78, 5) is 8.66. The van der Waals surface area contributed by atoms with Crippen molar-refractivity contribution in [2.45, 2.75) is 32.9 Å². The molecule has 2 rings (SSSR count). The van der Waals surface area contributed by atoms with Crippen molar-refractivity contribution in [1.29, 1.82) is 0 Å². The first kappa shape index (κ1) is 11.8. The average molecular weight is 230 g/mol. The van der Waals surface area contributed by atoms with E-state index in [1.54, 1.807) is 6.20 Å². The summed E-state index contributed by atoms with van der Waals surface area (Å²) in [6.07, 6.45) is 7.76. The minimum Gasteiger partial charge on any atom is -0.330 e. The van der Waals surface area contributed by atoms with Gasteiger partial charge in [0.15, 0.2) is 0 Å². The van der Waals surface area contributed by atoms with E-state index in [2.05, 4.69) is 27.5 Å². The Labute approximate surface area is 102 Å². The molecule has 17 heavy (non-hydrogen) atoms. The number of rotatable bonds is 5.